The first-order valence-electron chi connectivity index (χ1n) is 7.77. The number of rotatable bonds is 8. The Hall–Kier alpha value is -1.85. The van der Waals surface area contributed by atoms with Crippen LogP contribution >= 0.6 is 11.3 Å². The van der Waals surface area contributed by atoms with Gasteiger partial charge in [-0.25, -0.2) is 0 Å². The molecule has 0 radical (unpaired) electrons. The lowest BCUT2D eigenvalue weighted by Gasteiger charge is -2.11. The highest BCUT2D eigenvalue weighted by atomic mass is 32.1. The predicted molar refractivity (Wildman–Crippen MR) is 94.8 cm³/mol. The Morgan fingerprint density at radius 1 is 1.26 bits per heavy atom. The second-order valence-corrected chi connectivity index (χ2v) is 6.45. The number of hydrogen-bond acceptors (Lipinski definition) is 4. The Bertz CT molecular complexity index is 651. The van der Waals surface area contributed by atoms with Gasteiger partial charge in [-0.05, 0) is 37.1 Å². The van der Waals surface area contributed by atoms with Gasteiger partial charge in [0.25, 0.3) is 5.91 Å². The van der Waals surface area contributed by atoms with Gasteiger partial charge in [0.2, 0.25) is 0 Å². The number of para-hydroxylation sites is 2. The lowest BCUT2D eigenvalue weighted by Crippen LogP contribution is -2.12. The molecule has 0 aliphatic carbocycles. The van der Waals surface area contributed by atoms with Gasteiger partial charge in [-0.15, -0.1) is 11.3 Å². The maximum atomic E-state index is 12.4. The molecular weight excluding hydrogens is 310 g/mol. The van der Waals surface area contributed by atoms with E-state index in [1.165, 1.54) is 21.8 Å². The van der Waals surface area contributed by atoms with Crippen molar-refractivity contribution in [3.63, 3.8) is 0 Å². The second-order valence-electron chi connectivity index (χ2n) is 5.19. The highest BCUT2D eigenvalue weighted by Crippen LogP contribution is 2.27. The quantitative estimate of drug-likeness (QED) is 0.733. The van der Waals surface area contributed by atoms with Crippen LogP contribution in [-0.2, 0) is 11.2 Å². The Labute approximate surface area is 141 Å². The van der Waals surface area contributed by atoms with Gasteiger partial charge in [-0.1, -0.05) is 19.1 Å². The number of anilines is 1. The van der Waals surface area contributed by atoms with E-state index in [9.17, 15) is 4.79 Å². The van der Waals surface area contributed by atoms with Gasteiger partial charge in [0, 0.05) is 25.0 Å². The molecule has 0 atom stereocenters. The lowest BCUT2D eigenvalue weighted by atomic mass is 10.2. The summed E-state index contributed by atoms with van der Waals surface area (Å²) in [6, 6.07) is 9.46. The zero-order valence-electron chi connectivity index (χ0n) is 13.8. The van der Waals surface area contributed by atoms with Gasteiger partial charge in [0.1, 0.15) is 5.75 Å². The summed E-state index contributed by atoms with van der Waals surface area (Å²) in [5.74, 6) is 0.590. The number of amides is 1. The summed E-state index contributed by atoms with van der Waals surface area (Å²) in [6.45, 7) is 5.36. The van der Waals surface area contributed by atoms with E-state index in [1.807, 2.05) is 37.3 Å². The topological polar surface area (TPSA) is 47.6 Å². The van der Waals surface area contributed by atoms with Gasteiger partial charge in [-0.2, -0.15) is 0 Å². The van der Waals surface area contributed by atoms with Gasteiger partial charge in [0.05, 0.1) is 17.2 Å². The van der Waals surface area contributed by atoms with Gasteiger partial charge in [-0.3, -0.25) is 4.79 Å². The van der Waals surface area contributed by atoms with Crippen LogP contribution in [0.5, 0.6) is 5.75 Å². The molecule has 1 heterocycles. The Morgan fingerprint density at radius 3 is 2.74 bits per heavy atom. The van der Waals surface area contributed by atoms with Crippen molar-refractivity contribution in [2.24, 2.45) is 0 Å². The summed E-state index contributed by atoms with van der Waals surface area (Å²) in [6.07, 6.45) is 1.75. The van der Waals surface area contributed by atoms with Gasteiger partial charge < -0.3 is 14.8 Å². The van der Waals surface area contributed by atoms with Crippen LogP contribution < -0.4 is 10.1 Å². The van der Waals surface area contributed by atoms with E-state index in [0.29, 0.717) is 24.7 Å². The summed E-state index contributed by atoms with van der Waals surface area (Å²) < 4.78 is 10.7. The van der Waals surface area contributed by atoms with E-state index in [0.717, 1.165) is 17.7 Å². The van der Waals surface area contributed by atoms with Crippen LogP contribution in [0.15, 0.2) is 30.3 Å². The maximum absolute atomic E-state index is 12.4. The number of benzene rings is 1. The molecule has 1 aromatic heterocycles. The van der Waals surface area contributed by atoms with Crippen LogP contribution in [0, 0.1) is 6.92 Å². The minimum atomic E-state index is -0.0919. The first-order chi connectivity index (χ1) is 11.2. The van der Waals surface area contributed by atoms with Crippen molar-refractivity contribution in [3.05, 3.63) is 45.6 Å². The minimum absolute atomic E-state index is 0.0919. The van der Waals surface area contributed by atoms with E-state index >= 15 is 0 Å². The average Bonchev–Trinajstić information content (AvgIpc) is 2.94. The normalized spacial score (nSPS) is 10.6. The monoisotopic (exact) mass is 333 g/mol. The van der Waals surface area contributed by atoms with Crippen LogP contribution in [0.3, 0.4) is 0 Å². The number of methoxy groups -OCH3 is 1. The van der Waals surface area contributed by atoms with Crippen molar-refractivity contribution in [3.8, 4) is 5.75 Å². The van der Waals surface area contributed by atoms with Crippen LogP contribution in [-0.4, -0.2) is 26.2 Å². The summed E-state index contributed by atoms with van der Waals surface area (Å²) in [5, 5.41) is 2.95. The second kappa shape index (κ2) is 8.70. The van der Waals surface area contributed by atoms with Gasteiger partial charge in [0.15, 0.2) is 0 Å². The first kappa shape index (κ1) is 17.5. The molecule has 0 saturated carbocycles. The molecule has 0 aliphatic heterocycles. The lowest BCUT2D eigenvalue weighted by molar-refractivity contribution is 0.102. The Morgan fingerprint density at radius 2 is 2.04 bits per heavy atom. The van der Waals surface area contributed by atoms with Crippen molar-refractivity contribution in [1.82, 2.24) is 0 Å². The third-order valence-electron chi connectivity index (χ3n) is 3.51. The Kier molecular flexibility index (Phi) is 6.62. The molecule has 2 aromatic rings. The maximum Gasteiger partial charge on any atom is 0.265 e. The standard InChI is InChI=1S/C18H23NO3S/c1-4-14-12-17(23-13(14)2)18(20)19-15-8-5-6-9-16(15)22-11-7-10-21-3/h5-6,8-9,12H,4,7,10-11H2,1-3H3,(H,19,20). The van der Waals surface area contributed by atoms with Crippen molar-refractivity contribution >= 4 is 22.9 Å². The molecule has 1 amide bonds. The fraction of sp³-hybridized carbons (Fsp3) is 0.389. The molecule has 4 nitrogen and oxygen atoms in total. The van der Waals surface area contributed by atoms with Crippen molar-refractivity contribution < 1.29 is 14.3 Å². The van der Waals surface area contributed by atoms with Crippen LogP contribution in [0.4, 0.5) is 5.69 Å². The SMILES string of the molecule is CCc1cc(C(=O)Nc2ccccc2OCCCOC)sc1C. The zero-order valence-corrected chi connectivity index (χ0v) is 14.7. The number of aryl methyl sites for hydroxylation is 2. The number of ether oxygens (including phenoxy) is 2. The summed E-state index contributed by atoms with van der Waals surface area (Å²) in [4.78, 5) is 14.4. The first-order valence-corrected chi connectivity index (χ1v) is 8.58. The molecule has 1 N–H and O–H groups in total. The highest BCUT2D eigenvalue weighted by Gasteiger charge is 2.13. The van der Waals surface area contributed by atoms with E-state index in [4.69, 9.17) is 9.47 Å². The van der Waals surface area contributed by atoms with E-state index < -0.39 is 0 Å². The van der Waals surface area contributed by atoms with Crippen molar-refractivity contribution in [2.75, 3.05) is 25.6 Å². The molecule has 0 spiro atoms. The highest BCUT2D eigenvalue weighted by molar-refractivity contribution is 7.14. The fourth-order valence-electron chi connectivity index (χ4n) is 2.25. The molecule has 0 saturated heterocycles. The van der Waals surface area contributed by atoms with E-state index in [-0.39, 0.29) is 5.91 Å². The van der Waals surface area contributed by atoms with Crippen LogP contribution in [0.2, 0.25) is 0 Å². The van der Waals surface area contributed by atoms with Crippen LogP contribution in [0.1, 0.15) is 33.5 Å². The molecule has 0 aliphatic rings. The largest absolute Gasteiger partial charge is 0.491 e. The smallest absolute Gasteiger partial charge is 0.265 e. The number of thiophene rings is 1. The molecule has 0 bridgehead atoms. The van der Waals surface area contributed by atoms with Crippen molar-refractivity contribution in [1.29, 1.82) is 0 Å². The zero-order chi connectivity index (χ0) is 16.7. The molecule has 124 valence electrons. The van der Waals surface area contributed by atoms with E-state index in [2.05, 4.69) is 12.2 Å². The summed E-state index contributed by atoms with van der Waals surface area (Å²) >= 11 is 1.53. The van der Waals surface area contributed by atoms with Crippen LogP contribution in [0.25, 0.3) is 0 Å². The van der Waals surface area contributed by atoms with E-state index in [1.54, 1.807) is 7.11 Å². The molecule has 5 heteroatoms. The molecule has 0 fully saturated rings. The van der Waals surface area contributed by atoms with Crippen molar-refractivity contribution in [2.45, 2.75) is 26.7 Å². The van der Waals surface area contributed by atoms with Gasteiger partial charge >= 0.3 is 0 Å². The number of carbonyl (C=O) groups excluding carboxylic acids is 1. The fourth-order valence-corrected chi connectivity index (χ4v) is 3.26. The molecule has 1 aromatic carbocycles. The average molecular weight is 333 g/mol. The Balaban J connectivity index is 2.05. The number of nitrogens with one attached hydrogen (secondary N) is 1. The molecule has 2 rings (SSSR count). The summed E-state index contributed by atoms with van der Waals surface area (Å²) in [7, 11) is 1.67. The minimum Gasteiger partial charge on any atom is -0.491 e. The number of hydrogen-bond donors (Lipinski definition) is 1. The molecule has 23 heavy (non-hydrogen) atoms. The number of carbonyl (C=O) groups is 1. The third-order valence-corrected chi connectivity index (χ3v) is 4.60. The predicted octanol–water partition coefficient (Wildman–Crippen LogP) is 4.29. The molecule has 0 unspecified atom stereocenters. The molecular formula is C18H23NO3S. The summed E-state index contributed by atoms with van der Waals surface area (Å²) in [5.41, 5.74) is 1.92. The third kappa shape index (κ3) is 4.81.